The molecule has 2 N–H and O–H groups in total. The Morgan fingerprint density at radius 2 is 1.69 bits per heavy atom. The average Bonchev–Trinajstić information content (AvgIpc) is 2.79. The predicted molar refractivity (Wildman–Crippen MR) is 127 cm³/mol. The number of hydrogen-bond acceptors (Lipinski definition) is 4. The van der Waals surface area contributed by atoms with Gasteiger partial charge in [0.2, 0.25) is 0 Å². The van der Waals surface area contributed by atoms with Gasteiger partial charge in [-0.25, -0.2) is 8.42 Å². The second-order valence-corrected chi connectivity index (χ2v) is 9.17. The molecule has 0 saturated carbocycles. The van der Waals surface area contributed by atoms with E-state index in [-0.39, 0.29) is 16.8 Å². The van der Waals surface area contributed by atoms with Crippen LogP contribution in [0.15, 0.2) is 83.8 Å². The summed E-state index contributed by atoms with van der Waals surface area (Å²) >= 11 is 0. The Morgan fingerprint density at radius 1 is 0.969 bits per heavy atom. The number of sulfonamides is 1. The lowest BCUT2D eigenvalue weighted by atomic mass is 10.1. The van der Waals surface area contributed by atoms with E-state index in [1.54, 1.807) is 30.3 Å². The molecule has 0 aromatic heterocycles. The topological polar surface area (TPSA) is 84.5 Å². The number of benzene rings is 3. The van der Waals surface area contributed by atoms with Gasteiger partial charge in [-0.05, 0) is 74.7 Å². The molecule has 0 bridgehead atoms. The standard InChI is InChI=1S/C25H28N2O4S/c1-3-31-23-14-16-24(17-15-23)32(29,30)27-22-11-7-10-21(18-22)25(28)26-19(2)12-13-20-8-5-4-6-9-20/h4-11,14-19,27H,3,12-13H2,1-2H3,(H,26,28). The minimum atomic E-state index is -3.79. The van der Waals surface area contributed by atoms with Gasteiger partial charge in [-0.15, -0.1) is 0 Å². The average molecular weight is 453 g/mol. The van der Waals surface area contributed by atoms with Crippen molar-refractivity contribution in [1.29, 1.82) is 0 Å². The highest BCUT2D eigenvalue weighted by atomic mass is 32.2. The van der Waals surface area contributed by atoms with Crippen molar-refractivity contribution in [3.05, 3.63) is 90.0 Å². The predicted octanol–water partition coefficient (Wildman–Crippen LogP) is 4.64. The number of ether oxygens (including phenoxy) is 1. The summed E-state index contributed by atoms with van der Waals surface area (Å²) < 4.78 is 33.3. The van der Waals surface area contributed by atoms with Gasteiger partial charge in [0.05, 0.1) is 11.5 Å². The number of carbonyl (C=O) groups excluding carboxylic acids is 1. The van der Waals surface area contributed by atoms with Crippen molar-refractivity contribution >= 4 is 21.6 Å². The molecule has 3 aromatic carbocycles. The first-order valence-electron chi connectivity index (χ1n) is 10.6. The van der Waals surface area contributed by atoms with Gasteiger partial charge >= 0.3 is 0 Å². The van der Waals surface area contributed by atoms with E-state index < -0.39 is 10.0 Å². The molecule has 0 saturated heterocycles. The highest BCUT2D eigenvalue weighted by Crippen LogP contribution is 2.20. The van der Waals surface area contributed by atoms with Crippen LogP contribution in [0.2, 0.25) is 0 Å². The summed E-state index contributed by atoms with van der Waals surface area (Å²) in [4.78, 5) is 12.8. The second-order valence-electron chi connectivity index (χ2n) is 7.49. The zero-order valence-corrected chi connectivity index (χ0v) is 19.1. The molecule has 3 rings (SSSR count). The number of anilines is 1. The summed E-state index contributed by atoms with van der Waals surface area (Å²) in [5.41, 5.74) is 1.94. The summed E-state index contributed by atoms with van der Waals surface area (Å²) in [6, 6.07) is 22.7. The third kappa shape index (κ3) is 6.59. The molecular weight excluding hydrogens is 424 g/mol. The smallest absolute Gasteiger partial charge is 0.261 e. The van der Waals surface area contributed by atoms with Crippen LogP contribution in [0.3, 0.4) is 0 Å². The zero-order valence-electron chi connectivity index (χ0n) is 18.2. The van der Waals surface area contributed by atoms with E-state index in [9.17, 15) is 13.2 Å². The van der Waals surface area contributed by atoms with Crippen LogP contribution in [-0.2, 0) is 16.4 Å². The molecule has 0 aliphatic heterocycles. The molecule has 168 valence electrons. The fraction of sp³-hybridized carbons (Fsp3) is 0.240. The summed E-state index contributed by atoms with van der Waals surface area (Å²) in [5, 5.41) is 2.98. The Kier molecular flexibility index (Phi) is 7.89. The van der Waals surface area contributed by atoms with Crippen LogP contribution in [0, 0.1) is 0 Å². The molecule has 1 unspecified atom stereocenters. The lowest BCUT2D eigenvalue weighted by molar-refractivity contribution is 0.0938. The molecule has 0 aliphatic carbocycles. The van der Waals surface area contributed by atoms with Gasteiger partial charge in [0.25, 0.3) is 15.9 Å². The number of hydrogen-bond donors (Lipinski definition) is 2. The number of aryl methyl sites for hydroxylation is 1. The van der Waals surface area contributed by atoms with E-state index in [0.29, 0.717) is 23.6 Å². The Morgan fingerprint density at radius 3 is 2.38 bits per heavy atom. The molecule has 0 heterocycles. The van der Waals surface area contributed by atoms with Crippen LogP contribution in [0.4, 0.5) is 5.69 Å². The number of amides is 1. The van der Waals surface area contributed by atoms with Gasteiger partial charge < -0.3 is 10.1 Å². The number of nitrogens with one attached hydrogen (secondary N) is 2. The van der Waals surface area contributed by atoms with Crippen LogP contribution >= 0.6 is 0 Å². The fourth-order valence-corrected chi connectivity index (χ4v) is 4.28. The Hall–Kier alpha value is -3.32. The maximum Gasteiger partial charge on any atom is 0.261 e. The maximum absolute atomic E-state index is 12.7. The Balaban J connectivity index is 1.61. The van der Waals surface area contributed by atoms with Crippen molar-refractivity contribution in [2.24, 2.45) is 0 Å². The third-order valence-corrected chi connectivity index (χ3v) is 6.31. The molecule has 0 radical (unpaired) electrons. The van der Waals surface area contributed by atoms with E-state index >= 15 is 0 Å². The summed E-state index contributed by atoms with van der Waals surface area (Å²) in [6.45, 7) is 4.32. The van der Waals surface area contributed by atoms with Gasteiger partial charge in [0.1, 0.15) is 5.75 Å². The Labute approximate surface area is 189 Å². The molecule has 0 spiro atoms. The van der Waals surface area contributed by atoms with Crippen LogP contribution < -0.4 is 14.8 Å². The van der Waals surface area contributed by atoms with E-state index in [0.717, 1.165) is 12.8 Å². The first-order valence-corrected chi connectivity index (χ1v) is 12.1. The van der Waals surface area contributed by atoms with Crippen molar-refractivity contribution in [1.82, 2.24) is 5.32 Å². The quantitative estimate of drug-likeness (QED) is 0.469. The van der Waals surface area contributed by atoms with Gasteiger partial charge in [-0.1, -0.05) is 36.4 Å². The van der Waals surface area contributed by atoms with Gasteiger partial charge in [0.15, 0.2) is 0 Å². The number of rotatable bonds is 10. The van der Waals surface area contributed by atoms with Gasteiger partial charge in [-0.2, -0.15) is 0 Å². The zero-order chi connectivity index (χ0) is 23.0. The van der Waals surface area contributed by atoms with Crippen molar-refractivity contribution < 1.29 is 17.9 Å². The fourth-order valence-electron chi connectivity index (χ4n) is 3.23. The minimum absolute atomic E-state index is 0.0214. The normalized spacial score (nSPS) is 12.1. The van der Waals surface area contributed by atoms with E-state index in [1.807, 2.05) is 32.0 Å². The molecular formula is C25H28N2O4S. The molecule has 0 fully saturated rings. The van der Waals surface area contributed by atoms with E-state index in [1.165, 1.54) is 23.8 Å². The van der Waals surface area contributed by atoms with Crippen LogP contribution in [0.25, 0.3) is 0 Å². The van der Waals surface area contributed by atoms with Gasteiger partial charge in [-0.3, -0.25) is 9.52 Å². The minimum Gasteiger partial charge on any atom is -0.494 e. The largest absolute Gasteiger partial charge is 0.494 e. The molecule has 6 nitrogen and oxygen atoms in total. The van der Waals surface area contributed by atoms with Crippen molar-refractivity contribution in [3.8, 4) is 5.75 Å². The highest BCUT2D eigenvalue weighted by Gasteiger charge is 2.16. The first kappa shape index (κ1) is 23.3. The maximum atomic E-state index is 12.7. The SMILES string of the molecule is CCOc1ccc(S(=O)(=O)Nc2cccc(C(=O)NC(C)CCc3ccccc3)c2)cc1. The van der Waals surface area contributed by atoms with E-state index in [2.05, 4.69) is 22.2 Å². The first-order chi connectivity index (χ1) is 15.4. The highest BCUT2D eigenvalue weighted by molar-refractivity contribution is 7.92. The van der Waals surface area contributed by atoms with Gasteiger partial charge in [0, 0.05) is 17.3 Å². The van der Waals surface area contributed by atoms with Crippen molar-refractivity contribution in [2.75, 3.05) is 11.3 Å². The lowest BCUT2D eigenvalue weighted by Gasteiger charge is -2.15. The third-order valence-electron chi connectivity index (χ3n) is 4.91. The number of carbonyl (C=O) groups is 1. The summed E-state index contributed by atoms with van der Waals surface area (Å²) in [5.74, 6) is 0.360. The molecule has 32 heavy (non-hydrogen) atoms. The van der Waals surface area contributed by atoms with Crippen LogP contribution in [-0.4, -0.2) is 27.0 Å². The summed E-state index contributed by atoms with van der Waals surface area (Å²) in [7, 11) is -3.79. The monoisotopic (exact) mass is 452 g/mol. The molecule has 1 amide bonds. The second kappa shape index (κ2) is 10.8. The Bertz CT molecular complexity index is 1130. The van der Waals surface area contributed by atoms with Crippen molar-refractivity contribution in [2.45, 2.75) is 37.6 Å². The lowest BCUT2D eigenvalue weighted by Crippen LogP contribution is -2.32. The van der Waals surface area contributed by atoms with E-state index in [4.69, 9.17) is 4.74 Å². The van der Waals surface area contributed by atoms with Crippen LogP contribution in [0.5, 0.6) is 5.75 Å². The van der Waals surface area contributed by atoms with Crippen molar-refractivity contribution in [3.63, 3.8) is 0 Å². The molecule has 1 atom stereocenters. The molecule has 3 aromatic rings. The molecule has 0 aliphatic rings. The van der Waals surface area contributed by atoms with Crippen LogP contribution in [0.1, 0.15) is 36.2 Å². The molecule has 7 heteroatoms. The summed E-state index contributed by atoms with van der Waals surface area (Å²) in [6.07, 6.45) is 1.67.